The number of hydrogen-bond donors (Lipinski definition) is 2. The molecule has 0 aromatic rings. The second-order valence-corrected chi connectivity index (χ2v) is 4.97. The first kappa shape index (κ1) is 25.0. The molecule has 0 radical (unpaired) electrons. The lowest BCUT2D eigenvalue weighted by atomic mass is 10.1. The van der Waals surface area contributed by atoms with Crippen molar-refractivity contribution in [3.05, 3.63) is 0 Å². The lowest BCUT2D eigenvalue weighted by Gasteiger charge is -2.20. The van der Waals surface area contributed by atoms with Crippen LogP contribution in [0.15, 0.2) is 0 Å². The molecule has 0 aliphatic carbocycles. The van der Waals surface area contributed by atoms with Crippen molar-refractivity contribution >= 4 is 30.7 Å². The predicted molar refractivity (Wildman–Crippen MR) is 92.0 cm³/mol. The molecule has 124 valence electrons. The highest BCUT2D eigenvalue weighted by Gasteiger charge is 2.14. The Balaban J connectivity index is -0.00000144. The van der Waals surface area contributed by atoms with Crippen molar-refractivity contribution < 1.29 is 4.79 Å². The molecule has 2 atom stereocenters. The van der Waals surface area contributed by atoms with Crippen LogP contribution in [0.5, 0.6) is 0 Å². The van der Waals surface area contributed by atoms with Gasteiger partial charge in [-0.05, 0) is 45.8 Å². The zero-order valence-corrected chi connectivity index (χ0v) is 15.0. The molecule has 0 spiro atoms. The third-order valence-electron chi connectivity index (χ3n) is 3.33. The van der Waals surface area contributed by atoms with E-state index in [-0.39, 0.29) is 42.8 Å². The maximum absolute atomic E-state index is 11.7. The summed E-state index contributed by atoms with van der Waals surface area (Å²) in [6.45, 7) is 11.8. The van der Waals surface area contributed by atoms with Crippen LogP contribution in [0.3, 0.4) is 0 Å². The van der Waals surface area contributed by atoms with Crippen LogP contribution in [0.2, 0.25) is 0 Å². The smallest absolute Gasteiger partial charge is 0.237 e. The number of carbonyl (C=O) groups excluding carboxylic acids is 1. The minimum absolute atomic E-state index is 0. The van der Waals surface area contributed by atoms with Gasteiger partial charge in [-0.3, -0.25) is 4.79 Å². The van der Waals surface area contributed by atoms with Gasteiger partial charge >= 0.3 is 0 Å². The zero-order chi connectivity index (χ0) is 14.0. The van der Waals surface area contributed by atoms with Gasteiger partial charge in [-0.1, -0.05) is 27.2 Å². The van der Waals surface area contributed by atoms with Crippen molar-refractivity contribution in [3.8, 4) is 0 Å². The lowest BCUT2D eigenvalue weighted by molar-refractivity contribution is -0.123. The Bertz CT molecular complexity index is 226. The molecule has 0 fully saturated rings. The third-order valence-corrected chi connectivity index (χ3v) is 3.33. The summed E-state index contributed by atoms with van der Waals surface area (Å²) in [7, 11) is 0. The number of nitrogens with one attached hydrogen (secondary N) is 1. The van der Waals surface area contributed by atoms with E-state index in [9.17, 15) is 4.79 Å². The molecule has 0 aromatic carbocycles. The second kappa shape index (κ2) is 15.4. The monoisotopic (exact) mass is 329 g/mol. The molecule has 0 rings (SSSR count). The first-order chi connectivity index (χ1) is 8.54. The fraction of sp³-hybridized carbons (Fsp3) is 0.929. The summed E-state index contributed by atoms with van der Waals surface area (Å²) >= 11 is 0. The molecule has 6 heteroatoms. The van der Waals surface area contributed by atoms with Gasteiger partial charge in [-0.2, -0.15) is 0 Å². The molecular formula is C14H33Cl2N3O. The summed E-state index contributed by atoms with van der Waals surface area (Å²) in [4.78, 5) is 14.1. The van der Waals surface area contributed by atoms with Crippen LogP contribution in [0.4, 0.5) is 0 Å². The Labute approximate surface area is 137 Å². The van der Waals surface area contributed by atoms with E-state index in [1.807, 2.05) is 6.92 Å². The average molecular weight is 330 g/mol. The standard InChI is InChI=1S/C14H31N3O.2ClH/c1-5-9-13(15)14(18)16-12(4)10-8-11-17(6-2)7-3;;/h12-13H,5-11,15H2,1-4H3,(H,16,18);2*1H. The molecular weight excluding hydrogens is 297 g/mol. The molecule has 2 unspecified atom stereocenters. The number of halogens is 2. The maximum Gasteiger partial charge on any atom is 0.237 e. The summed E-state index contributed by atoms with van der Waals surface area (Å²) in [6, 6.07) is -0.129. The molecule has 0 heterocycles. The van der Waals surface area contributed by atoms with E-state index in [1.165, 1.54) is 0 Å². The van der Waals surface area contributed by atoms with Crippen molar-refractivity contribution in [2.24, 2.45) is 5.73 Å². The summed E-state index contributed by atoms with van der Waals surface area (Å²) in [5.41, 5.74) is 5.78. The van der Waals surface area contributed by atoms with Crippen molar-refractivity contribution in [1.29, 1.82) is 0 Å². The Morgan fingerprint density at radius 2 is 1.70 bits per heavy atom. The number of nitrogens with zero attached hydrogens (tertiary/aromatic N) is 1. The van der Waals surface area contributed by atoms with E-state index in [2.05, 4.69) is 31.0 Å². The minimum Gasteiger partial charge on any atom is -0.352 e. The number of nitrogens with two attached hydrogens (primary N) is 1. The van der Waals surface area contributed by atoms with E-state index < -0.39 is 0 Å². The Hall–Kier alpha value is -0.0300. The number of rotatable bonds is 10. The molecule has 0 saturated heterocycles. The van der Waals surface area contributed by atoms with Gasteiger partial charge in [0.15, 0.2) is 0 Å². The second-order valence-electron chi connectivity index (χ2n) is 4.97. The predicted octanol–water partition coefficient (Wildman–Crippen LogP) is 2.58. The topological polar surface area (TPSA) is 58.4 Å². The normalized spacial score (nSPS) is 13.1. The van der Waals surface area contributed by atoms with Crippen molar-refractivity contribution in [2.75, 3.05) is 19.6 Å². The van der Waals surface area contributed by atoms with Crippen LogP contribution in [0.25, 0.3) is 0 Å². The van der Waals surface area contributed by atoms with Gasteiger partial charge in [0, 0.05) is 6.04 Å². The van der Waals surface area contributed by atoms with Crippen LogP contribution in [-0.2, 0) is 4.79 Å². The van der Waals surface area contributed by atoms with E-state index in [0.29, 0.717) is 0 Å². The highest BCUT2D eigenvalue weighted by molar-refractivity contribution is 5.85. The zero-order valence-electron chi connectivity index (χ0n) is 13.4. The lowest BCUT2D eigenvalue weighted by Crippen LogP contribution is -2.44. The van der Waals surface area contributed by atoms with E-state index in [1.54, 1.807) is 0 Å². The number of carbonyl (C=O) groups is 1. The first-order valence-electron chi connectivity index (χ1n) is 7.33. The van der Waals surface area contributed by atoms with Gasteiger partial charge in [-0.15, -0.1) is 24.8 Å². The quantitative estimate of drug-likeness (QED) is 0.647. The number of amides is 1. The Morgan fingerprint density at radius 1 is 1.15 bits per heavy atom. The maximum atomic E-state index is 11.7. The fourth-order valence-electron chi connectivity index (χ4n) is 2.03. The molecule has 0 saturated carbocycles. The van der Waals surface area contributed by atoms with Crippen LogP contribution in [0.1, 0.15) is 53.4 Å². The number of hydrogen-bond acceptors (Lipinski definition) is 3. The molecule has 3 N–H and O–H groups in total. The fourth-order valence-corrected chi connectivity index (χ4v) is 2.03. The van der Waals surface area contributed by atoms with E-state index >= 15 is 0 Å². The molecule has 0 aromatic heterocycles. The average Bonchev–Trinajstić information content (AvgIpc) is 2.34. The first-order valence-corrected chi connectivity index (χ1v) is 7.33. The van der Waals surface area contributed by atoms with Gasteiger partial charge in [0.1, 0.15) is 0 Å². The van der Waals surface area contributed by atoms with E-state index in [0.717, 1.165) is 45.3 Å². The molecule has 0 aliphatic heterocycles. The highest BCUT2D eigenvalue weighted by atomic mass is 35.5. The van der Waals surface area contributed by atoms with Crippen LogP contribution in [-0.4, -0.2) is 42.5 Å². The summed E-state index contributed by atoms with van der Waals surface area (Å²) in [6.07, 6.45) is 3.84. The minimum atomic E-state index is -0.347. The largest absolute Gasteiger partial charge is 0.352 e. The molecule has 0 bridgehead atoms. The van der Waals surface area contributed by atoms with Gasteiger partial charge < -0.3 is 16.0 Å². The highest BCUT2D eigenvalue weighted by Crippen LogP contribution is 2.01. The molecule has 4 nitrogen and oxygen atoms in total. The van der Waals surface area contributed by atoms with Crippen molar-refractivity contribution in [1.82, 2.24) is 10.2 Å². The molecule has 1 amide bonds. The Morgan fingerprint density at radius 3 is 2.15 bits per heavy atom. The molecule has 20 heavy (non-hydrogen) atoms. The van der Waals surface area contributed by atoms with Crippen LogP contribution >= 0.6 is 24.8 Å². The van der Waals surface area contributed by atoms with Crippen molar-refractivity contribution in [3.63, 3.8) is 0 Å². The van der Waals surface area contributed by atoms with E-state index in [4.69, 9.17) is 5.73 Å². The molecule has 0 aliphatic rings. The summed E-state index contributed by atoms with van der Waals surface area (Å²) in [5, 5.41) is 2.99. The van der Waals surface area contributed by atoms with Gasteiger partial charge in [-0.25, -0.2) is 0 Å². The van der Waals surface area contributed by atoms with Gasteiger partial charge in [0.25, 0.3) is 0 Å². The van der Waals surface area contributed by atoms with Crippen LogP contribution in [0, 0.1) is 0 Å². The third kappa shape index (κ3) is 11.8. The SMILES string of the molecule is CCCC(N)C(=O)NC(C)CCCN(CC)CC.Cl.Cl. The summed E-state index contributed by atoms with van der Waals surface area (Å²) < 4.78 is 0. The summed E-state index contributed by atoms with van der Waals surface area (Å²) in [5.74, 6) is -0.00723. The van der Waals surface area contributed by atoms with Gasteiger partial charge in [0.05, 0.1) is 6.04 Å². The van der Waals surface area contributed by atoms with Crippen LogP contribution < -0.4 is 11.1 Å². The van der Waals surface area contributed by atoms with Crippen molar-refractivity contribution in [2.45, 2.75) is 65.5 Å². The Kier molecular flexibility index (Phi) is 19.2. The van der Waals surface area contributed by atoms with Gasteiger partial charge in [0.2, 0.25) is 5.91 Å².